The number of nitrogens with two attached hydrogens (primary N) is 1. The topological polar surface area (TPSA) is 114 Å². The number of aromatic nitrogens is 1. The molecule has 0 atom stereocenters. The van der Waals surface area contributed by atoms with E-state index in [1.165, 1.54) is 54.5 Å². The highest BCUT2D eigenvalue weighted by Crippen LogP contribution is 2.20. The lowest BCUT2D eigenvalue weighted by atomic mass is 10.2. The first-order valence-electron chi connectivity index (χ1n) is 5.85. The molecule has 1 aromatic heterocycles. The fourth-order valence-electron chi connectivity index (χ4n) is 1.70. The molecule has 1 aromatic carbocycles. The molecule has 0 aliphatic rings. The van der Waals surface area contributed by atoms with E-state index >= 15 is 0 Å². The van der Waals surface area contributed by atoms with E-state index in [4.69, 9.17) is 5.14 Å². The molecule has 2 rings (SSSR count). The lowest BCUT2D eigenvalue weighted by Gasteiger charge is -2.17. The Morgan fingerprint density at radius 3 is 2.38 bits per heavy atom. The average molecular weight is 307 g/mol. The first kappa shape index (κ1) is 14.9. The van der Waals surface area contributed by atoms with Gasteiger partial charge >= 0.3 is 0 Å². The van der Waals surface area contributed by atoms with Gasteiger partial charge in [0, 0.05) is 18.9 Å². The summed E-state index contributed by atoms with van der Waals surface area (Å²) in [5.41, 5.74) is 0.355. The minimum absolute atomic E-state index is 0.0483. The molecule has 21 heavy (non-hydrogen) atoms. The summed E-state index contributed by atoms with van der Waals surface area (Å²) in [7, 11) is -2.29. The maximum Gasteiger partial charge on any atom is 0.280 e. The van der Waals surface area contributed by atoms with Crippen LogP contribution >= 0.6 is 0 Å². The molecule has 0 saturated carbocycles. The van der Waals surface area contributed by atoms with E-state index in [2.05, 4.69) is 4.98 Å². The largest absolute Gasteiger partial charge is 0.505 e. The summed E-state index contributed by atoms with van der Waals surface area (Å²) in [5, 5.41) is 14.6. The minimum Gasteiger partial charge on any atom is -0.505 e. The highest BCUT2D eigenvalue weighted by atomic mass is 32.2. The maximum atomic E-state index is 12.2. The van der Waals surface area contributed by atoms with Crippen molar-refractivity contribution in [3.63, 3.8) is 0 Å². The van der Waals surface area contributed by atoms with E-state index < -0.39 is 15.9 Å². The molecular formula is C13H13N3O4S. The zero-order valence-corrected chi connectivity index (χ0v) is 11.9. The number of nitrogens with zero attached hydrogens (tertiary/aromatic N) is 2. The molecule has 8 heteroatoms. The number of hydrogen-bond donors (Lipinski definition) is 2. The number of anilines is 1. The fraction of sp³-hybridized carbons (Fsp3) is 0.0769. The molecule has 0 aliphatic heterocycles. The molecular weight excluding hydrogens is 294 g/mol. The van der Waals surface area contributed by atoms with Crippen LogP contribution in [0.4, 0.5) is 5.69 Å². The molecule has 0 aliphatic carbocycles. The first-order valence-corrected chi connectivity index (χ1v) is 7.40. The highest BCUT2D eigenvalue weighted by molar-refractivity contribution is 7.89. The van der Waals surface area contributed by atoms with Gasteiger partial charge in [-0.2, -0.15) is 0 Å². The number of primary sulfonamides is 1. The van der Waals surface area contributed by atoms with E-state index in [1.54, 1.807) is 0 Å². The molecule has 0 bridgehead atoms. The van der Waals surface area contributed by atoms with E-state index in [0.29, 0.717) is 5.69 Å². The van der Waals surface area contributed by atoms with Gasteiger partial charge in [0.1, 0.15) is 5.75 Å². The SMILES string of the molecule is CN(C(=O)c1ncccc1O)c1ccc(S(N)(=O)=O)cc1. The van der Waals surface area contributed by atoms with Crippen molar-refractivity contribution in [3.8, 4) is 5.75 Å². The number of amides is 1. The Morgan fingerprint density at radius 1 is 1.24 bits per heavy atom. The third-order valence-corrected chi connectivity index (χ3v) is 3.78. The van der Waals surface area contributed by atoms with Gasteiger partial charge in [0.2, 0.25) is 10.0 Å². The highest BCUT2D eigenvalue weighted by Gasteiger charge is 2.18. The molecule has 110 valence electrons. The quantitative estimate of drug-likeness (QED) is 0.867. The summed E-state index contributed by atoms with van der Waals surface area (Å²) in [6.07, 6.45) is 1.39. The van der Waals surface area contributed by atoms with Crippen molar-refractivity contribution in [2.45, 2.75) is 4.90 Å². The number of hydrogen-bond acceptors (Lipinski definition) is 5. The molecule has 0 radical (unpaired) electrons. The molecule has 1 amide bonds. The summed E-state index contributed by atoms with van der Waals surface area (Å²) in [5.74, 6) is -0.744. The molecule has 0 unspecified atom stereocenters. The van der Waals surface area contributed by atoms with Crippen LogP contribution in [-0.2, 0) is 10.0 Å². The second-order valence-corrected chi connectivity index (χ2v) is 5.84. The Hall–Kier alpha value is -2.45. The van der Waals surface area contributed by atoms with Crippen LogP contribution in [0.1, 0.15) is 10.5 Å². The molecule has 0 fully saturated rings. The molecule has 2 aromatic rings. The van der Waals surface area contributed by atoms with Gasteiger partial charge in [0.25, 0.3) is 5.91 Å². The lowest BCUT2D eigenvalue weighted by molar-refractivity contribution is 0.0985. The summed E-state index contributed by atoms with van der Waals surface area (Å²) in [6.45, 7) is 0. The lowest BCUT2D eigenvalue weighted by Crippen LogP contribution is -2.27. The third kappa shape index (κ3) is 3.18. The van der Waals surface area contributed by atoms with Gasteiger partial charge in [-0.05, 0) is 36.4 Å². The van der Waals surface area contributed by atoms with Crippen molar-refractivity contribution in [1.29, 1.82) is 0 Å². The summed E-state index contributed by atoms with van der Waals surface area (Å²) < 4.78 is 22.3. The van der Waals surface area contributed by atoms with Crippen LogP contribution in [0.25, 0.3) is 0 Å². The standard InChI is InChI=1S/C13H13N3O4S/c1-16(13(18)12-11(17)3-2-8-15-12)9-4-6-10(7-5-9)21(14,19)20/h2-8,17H,1H3,(H2,14,19,20). The van der Waals surface area contributed by atoms with Crippen molar-refractivity contribution >= 4 is 21.6 Å². The maximum absolute atomic E-state index is 12.2. The van der Waals surface area contributed by atoms with Gasteiger partial charge in [-0.3, -0.25) is 4.79 Å². The predicted octanol–water partition coefficient (Wildman–Crippen LogP) is 0.711. The Kier molecular flexibility index (Phi) is 3.92. The van der Waals surface area contributed by atoms with E-state index in [-0.39, 0.29) is 16.3 Å². The molecule has 7 nitrogen and oxygen atoms in total. The van der Waals surface area contributed by atoms with E-state index in [1.807, 2.05) is 0 Å². The fourth-order valence-corrected chi connectivity index (χ4v) is 2.21. The van der Waals surface area contributed by atoms with Crippen LogP contribution in [0.15, 0.2) is 47.5 Å². The van der Waals surface area contributed by atoms with Crippen LogP contribution < -0.4 is 10.0 Å². The zero-order chi connectivity index (χ0) is 15.6. The summed E-state index contributed by atoms with van der Waals surface area (Å²) >= 11 is 0. The van der Waals surface area contributed by atoms with Crippen molar-refractivity contribution in [2.75, 3.05) is 11.9 Å². The number of sulfonamides is 1. The van der Waals surface area contributed by atoms with Gasteiger partial charge in [0.15, 0.2) is 5.69 Å². The third-order valence-electron chi connectivity index (χ3n) is 2.85. The number of carbonyl (C=O) groups excluding carboxylic acids is 1. The van der Waals surface area contributed by atoms with Crippen molar-refractivity contribution in [1.82, 2.24) is 4.98 Å². The number of pyridine rings is 1. The van der Waals surface area contributed by atoms with Crippen LogP contribution in [0.2, 0.25) is 0 Å². The summed E-state index contributed by atoms with van der Waals surface area (Å²) in [4.78, 5) is 17.2. The first-order chi connectivity index (χ1) is 9.80. The Morgan fingerprint density at radius 2 is 1.86 bits per heavy atom. The average Bonchev–Trinajstić information content (AvgIpc) is 2.45. The van der Waals surface area contributed by atoms with Crippen molar-refractivity contribution in [3.05, 3.63) is 48.3 Å². The molecule has 1 heterocycles. The van der Waals surface area contributed by atoms with Crippen LogP contribution in [0.3, 0.4) is 0 Å². The van der Waals surface area contributed by atoms with E-state index in [9.17, 15) is 18.3 Å². The molecule has 0 saturated heterocycles. The molecule has 3 N–H and O–H groups in total. The number of benzene rings is 1. The van der Waals surface area contributed by atoms with E-state index in [0.717, 1.165) is 0 Å². The van der Waals surface area contributed by atoms with Crippen LogP contribution in [-0.4, -0.2) is 31.5 Å². The Bertz CT molecular complexity index is 772. The number of aromatic hydroxyl groups is 1. The second-order valence-electron chi connectivity index (χ2n) is 4.27. The second kappa shape index (κ2) is 5.51. The Labute approximate surface area is 121 Å². The Balaban J connectivity index is 2.30. The summed E-state index contributed by atoms with van der Waals surface area (Å²) in [6, 6.07) is 8.35. The van der Waals surface area contributed by atoms with Gasteiger partial charge in [-0.25, -0.2) is 18.5 Å². The van der Waals surface area contributed by atoms with Gasteiger partial charge in [-0.15, -0.1) is 0 Å². The molecule has 0 spiro atoms. The number of rotatable bonds is 3. The zero-order valence-electron chi connectivity index (χ0n) is 11.1. The van der Waals surface area contributed by atoms with Gasteiger partial charge in [0.05, 0.1) is 4.90 Å². The predicted molar refractivity (Wildman–Crippen MR) is 76.5 cm³/mol. The monoisotopic (exact) mass is 307 g/mol. The van der Waals surface area contributed by atoms with Crippen molar-refractivity contribution < 1.29 is 18.3 Å². The van der Waals surface area contributed by atoms with Gasteiger partial charge < -0.3 is 10.0 Å². The number of carbonyl (C=O) groups is 1. The van der Waals surface area contributed by atoms with Crippen LogP contribution in [0, 0.1) is 0 Å². The smallest absolute Gasteiger partial charge is 0.280 e. The minimum atomic E-state index is -3.78. The van der Waals surface area contributed by atoms with Crippen LogP contribution in [0.5, 0.6) is 5.75 Å². The van der Waals surface area contributed by atoms with Crippen molar-refractivity contribution in [2.24, 2.45) is 5.14 Å². The van der Waals surface area contributed by atoms with Gasteiger partial charge in [-0.1, -0.05) is 0 Å². The normalized spacial score (nSPS) is 11.1.